The van der Waals surface area contributed by atoms with Crippen LogP contribution in [0.1, 0.15) is 41.3 Å². The van der Waals surface area contributed by atoms with Crippen LogP contribution in [0.4, 0.5) is 5.69 Å². The van der Waals surface area contributed by atoms with Gasteiger partial charge in [-0.1, -0.05) is 18.2 Å². The molecule has 0 radical (unpaired) electrons. The summed E-state index contributed by atoms with van der Waals surface area (Å²) in [6, 6.07) is 16.6. The highest BCUT2D eigenvalue weighted by Crippen LogP contribution is 2.35. The Morgan fingerprint density at radius 3 is 2.86 bits per heavy atom. The maximum Gasteiger partial charge on any atom is 0.293 e. The van der Waals surface area contributed by atoms with Crippen molar-refractivity contribution in [3.05, 3.63) is 82.7 Å². The molecule has 3 heterocycles. The predicted octanol–water partition coefficient (Wildman–Crippen LogP) is 5.10. The quantitative estimate of drug-likeness (QED) is 0.217. The van der Waals surface area contributed by atoms with E-state index in [0.29, 0.717) is 42.1 Å². The third kappa shape index (κ3) is 4.40. The normalized spacial score (nSPS) is 15.5. The Balaban J connectivity index is 1.29. The van der Waals surface area contributed by atoms with Gasteiger partial charge >= 0.3 is 0 Å². The minimum atomic E-state index is -0.925. The van der Waals surface area contributed by atoms with Gasteiger partial charge in [-0.05, 0) is 65.9 Å². The number of rotatable bonds is 6. The summed E-state index contributed by atoms with van der Waals surface area (Å²) in [5.41, 5.74) is 7.26. The highest BCUT2D eigenvalue weighted by Gasteiger charge is 2.18. The highest BCUT2D eigenvalue weighted by molar-refractivity contribution is 5.83. The van der Waals surface area contributed by atoms with Gasteiger partial charge in [0.1, 0.15) is 11.6 Å². The number of aliphatic imine (C=N–C) groups is 1. The van der Waals surface area contributed by atoms with Crippen molar-refractivity contribution < 1.29 is 19.7 Å². The Labute approximate surface area is 212 Å². The third-order valence-corrected chi connectivity index (χ3v) is 6.58. The monoisotopic (exact) mass is 493 g/mol. The van der Waals surface area contributed by atoms with Crippen molar-refractivity contribution in [3.8, 4) is 23.4 Å². The van der Waals surface area contributed by atoms with E-state index in [1.165, 1.54) is 5.56 Å². The first-order valence-corrected chi connectivity index (χ1v) is 11.9. The largest absolute Gasteiger partial charge is 0.507 e. The number of allylic oxidation sites excluding steroid dienone is 1. The van der Waals surface area contributed by atoms with Crippen molar-refractivity contribution in [2.24, 2.45) is 4.99 Å². The van der Waals surface area contributed by atoms with E-state index in [1.807, 2.05) is 36.4 Å². The first-order valence-electron chi connectivity index (χ1n) is 11.9. The molecule has 1 atom stereocenters. The summed E-state index contributed by atoms with van der Waals surface area (Å²) in [5, 5.41) is 33.5. The van der Waals surface area contributed by atoms with Crippen LogP contribution in [-0.2, 0) is 22.7 Å². The van der Waals surface area contributed by atoms with Crippen LogP contribution in [0.2, 0.25) is 0 Å². The van der Waals surface area contributed by atoms with E-state index < -0.39 is 6.23 Å². The number of nitrogens with one attached hydrogen (secondary N) is 2. The summed E-state index contributed by atoms with van der Waals surface area (Å²) in [4.78, 5) is 12.1. The van der Waals surface area contributed by atoms with Crippen LogP contribution < -0.4 is 5.32 Å². The second kappa shape index (κ2) is 9.43. The minimum Gasteiger partial charge on any atom is -0.507 e. The zero-order chi connectivity index (χ0) is 25.4. The molecule has 0 bridgehead atoms. The number of aromatic amines is 1. The number of aromatic hydroxyl groups is 1. The Kier molecular flexibility index (Phi) is 5.81. The molecule has 0 spiro atoms. The molecule has 6 rings (SSSR count). The number of hydrogen-bond donors (Lipinski definition) is 4. The minimum absolute atomic E-state index is 0.0629. The Hall–Kier alpha value is -4.65. The van der Waals surface area contributed by atoms with Gasteiger partial charge < -0.3 is 30.0 Å². The number of anilines is 1. The number of aliphatic hydroxyl groups excluding tert-OH is 1. The molecular formula is C28H23N5O4. The number of nitriles is 1. The number of nitrogens with zero attached hydrogens (tertiary/aromatic N) is 3. The Morgan fingerprint density at radius 1 is 1.08 bits per heavy atom. The average molecular weight is 494 g/mol. The van der Waals surface area contributed by atoms with Crippen LogP contribution in [0.3, 0.4) is 0 Å². The van der Waals surface area contributed by atoms with Crippen LogP contribution in [0, 0.1) is 11.5 Å². The van der Waals surface area contributed by atoms with Gasteiger partial charge in [-0.25, -0.2) is 9.98 Å². The van der Waals surface area contributed by atoms with Crippen LogP contribution >= 0.6 is 0 Å². The molecule has 0 saturated heterocycles. The van der Waals surface area contributed by atoms with Crippen molar-refractivity contribution >= 4 is 28.5 Å². The summed E-state index contributed by atoms with van der Waals surface area (Å²) >= 11 is 0. The van der Waals surface area contributed by atoms with Crippen LogP contribution in [0.15, 0.2) is 65.5 Å². The number of hydrogen-bond acceptors (Lipinski definition) is 8. The van der Waals surface area contributed by atoms with Crippen molar-refractivity contribution in [2.75, 3.05) is 5.32 Å². The third-order valence-electron chi connectivity index (χ3n) is 6.58. The Bertz CT molecular complexity index is 1610. The zero-order valence-corrected chi connectivity index (χ0v) is 19.7. The fourth-order valence-electron chi connectivity index (χ4n) is 4.68. The van der Waals surface area contributed by atoms with E-state index in [1.54, 1.807) is 30.7 Å². The second-order valence-corrected chi connectivity index (χ2v) is 8.94. The number of ether oxygens (including phenoxy) is 2. The smallest absolute Gasteiger partial charge is 0.293 e. The molecule has 184 valence electrons. The lowest BCUT2D eigenvalue weighted by Gasteiger charge is -2.15. The number of imidazole rings is 1. The number of H-pyrrole nitrogens is 1. The van der Waals surface area contributed by atoms with E-state index in [4.69, 9.17) is 14.7 Å². The maximum atomic E-state index is 10.8. The summed E-state index contributed by atoms with van der Waals surface area (Å²) in [6.07, 6.45) is 3.87. The molecule has 1 aromatic heterocycles. The number of benzene rings is 3. The highest BCUT2D eigenvalue weighted by atomic mass is 16.5. The number of aromatic nitrogens is 2. The fraction of sp³-hybridized carbons (Fsp3) is 0.179. The molecule has 2 aliphatic heterocycles. The van der Waals surface area contributed by atoms with Gasteiger partial charge in [0.25, 0.3) is 6.26 Å². The molecule has 3 aromatic carbocycles. The zero-order valence-electron chi connectivity index (χ0n) is 19.7. The van der Waals surface area contributed by atoms with Crippen molar-refractivity contribution in [1.82, 2.24) is 9.97 Å². The molecule has 2 aliphatic rings. The molecule has 1 unspecified atom stereocenters. The van der Waals surface area contributed by atoms with Crippen molar-refractivity contribution in [2.45, 2.75) is 32.3 Å². The molecule has 0 saturated carbocycles. The van der Waals surface area contributed by atoms with Crippen LogP contribution in [0.25, 0.3) is 28.0 Å². The van der Waals surface area contributed by atoms with Gasteiger partial charge in [0, 0.05) is 23.0 Å². The van der Waals surface area contributed by atoms with Crippen molar-refractivity contribution in [3.63, 3.8) is 0 Å². The lowest BCUT2D eigenvalue weighted by molar-refractivity contribution is 0.134. The molecule has 9 nitrogen and oxygen atoms in total. The summed E-state index contributed by atoms with van der Waals surface area (Å²) in [5.74, 6) is 0.806. The molecule has 4 N–H and O–H groups in total. The van der Waals surface area contributed by atoms with E-state index in [2.05, 4.69) is 20.3 Å². The number of phenols is 1. The van der Waals surface area contributed by atoms with Gasteiger partial charge in [-0.2, -0.15) is 0 Å². The lowest BCUT2D eigenvalue weighted by atomic mass is 9.98. The molecule has 0 fully saturated rings. The molecule has 9 heteroatoms. The van der Waals surface area contributed by atoms with Crippen molar-refractivity contribution in [1.29, 1.82) is 5.26 Å². The first kappa shape index (κ1) is 22.8. The summed E-state index contributed by atoms with van der Waals surface area (Å²) < 4.78 is 10.5. The standard InChI is InChI=1S/C28H23N5O4/c29-15-37-28-21(2-1-9-30-28)16-5-8-25(34)22(11-16)26-32-23-7-4-17(12-24(23)33-26)27(35)31-20-6-3-18-13-36-14-19(18)10-20/h3-12,27,31,34-35H,1-2,13-14H2,(H,32,33). The first-order chi connectivity index (χ1) is 18.1. The topological polar surface area (TPSA) is 136 Å². The average Bonchev–Trinajstić information content (AvgIpc) is 3.56. The molecule has 37 heavy (non-hydrogen) atoms. The maximum absolute atomic E-state index is 10.8. The number of fused-ring (bicyclic) bond motifs is 2. The molecular weight excluding hydrogens is 470 g/mol. The second-order valence-electron chi connectivity index (χ2n) is 8.94. The van der Waals surface area contributed by atoms with Gasteiger partial charge in [-0.15, -0.1) is 5.26 Å². The van der Waals surface area contributed by atoms with E-state index in [-0.39, 0.29) is 11.6 Å². The predicted molar refractivity (Wildman–Crippen MR) is 138 cm³/mol. The van der Waals surface area contributed by atoms with Gasteiger partial charge in [-0.3, -0.25) is 0 Å². The summed E-state index contributed by atoms with van der Waals surface area (Å²) in [7, 11) is 0. The SMILES string of the molecule is N#COC1=C(c2ccc(O)c(-c3nc4ccc(C(O)Nc5ccc6c(c5)COC6)cc4[nH]3)c2)CCC=N1. The molecule has 0 aliphatic carbocycles. The number of phenolic OH excluding ortho intramolecular Hbond substituents is 1. The van der Waals surface area contributed by atoms with Crippen LogP contribution in [0.5, 0.6) is 5.75 Å². The van der Waals surface area contributed by atoms with E-state index in [0.717, 1.165) is 34.3 Å². The van der Waals surface area contributed by atoms with Gasteiger partial charge in [0.15, 0.2) is 6.23 Å². The Morgan fingerprint density at radius 2 is 1.97 bits per heavy atom. The van der Waals surface area contributed by atoms with E-state index >= 15 is 0 Å². The van der Waals surface area contributed by atoms with Gasteiger partial charge in [0.05, 0.1) is 29.8 Å². The van der Waals surface area contributed by atoms with Gasteiger partial charge in [0.2, 0.25) is 5.88 Å². The fourth-order valence-corrected chi connectivity index (χ4v) is 4.68. The molecule has 4 aromatic rings. The summed E-state index contributed by atoms with van der Waals surface area (Å²) in [6.45, 7) is 1.20. The van der Waals surface area contributed by atoms with E-state index in [9.17, 15) is 10.2 Å². The molecule has 0 amide bonds. The number of aliphatic hydroxyl groups is 1. The van der Waals surface area contributed by atoms with Crippen LogP contribution in [-0.4, -0.2) is 26.4 Å². The lowest BCUT2D eigenvalue weighted by Crippen LogP contribution is -2.09.